The number of thioether (sulfide) groups is 1. The lowest BCUT2D eigenvalue weighted by molar-refractivity contribution is 0.675. The first-order chi connectivity index (χ1) is 9.67. The smallest absolute Gasteiger partial charge is 0.0625 e. The Morgan fingerprint density at radius 3 is 2.95 bits per heavy atom. The van der Waals surface area contributed by atoms with Gasteiger partial charge in [0.25, 0.3) is 0 Å². The van der Waals surface area contributed by atoms with E-state index in [1.165, 1.54) is 16.3 Å². The Kier molecular flexibility index (Phi) is 3.61. The van der Waals surface area contributed by atoms with Crippen LogP contribution >= 0.6 is 11.8 Å². The topological polar surface area (TPSA) is 47.1 Å². The van der Waals surface area contributed by atoms with Crippen LogP contribution in [0.4, 0.5) is 11.4 Å². The van der Waals surface area contributed by atoms with E-state index in [0.29, 0.717) is 0 Å². The van der Waals surface area contributed by atoms with Crippen LogP contribution in [-0.2, 0) is 20.0 Å². The molecule has 0 aliphatic carbocycles. The van der Waals surface area contributed by atoms with Gasteiger partial charge in [0, 0.05) is 29.9 Å². The molecule has 5 heteroatoms. The Balaban J connectivity index is 1.89. The van der Waals surface area contributed by atoms with Crippen molar-refractivity contribution in [2.24, 2.45) is 7.05 Å². The summed E-state index contributed by atoms with van der Waals surface area (Å²) in [6.07, 6.45) is 0.979. The minimum Gasteiger partial charge on any atom is -0.399 e. The lowest BCUT2D eigenvalue weighted by atomic mass is 10.2. The Morgan fingerprint density at radius 1 is 1.35 bits per heavy atom. The van der Waals surface area contributed by atoms with E-state index in [0.717, 1.165) is 36.6 Å². The molecular formula is C15H20N4S. The van der Waals surface area contributed by atoms with Crippen molar-refractivity contribution in [3.63, 3.8) is 0 Å². The molecule has 4 nitrogen and oxygen atoms in total. The Labute approximate surface area is 124 Å². The molecule has 2 N–H and O–H groups in total. The van der Waals surface area contributed by atoms with Crippen molar-refractivity contribution < 1.29 is 0 Å². The van der Waals surface area contributed by atoms with Gasteiger partial charge < -0.3 is 10.6 Å². The van der Waals surface area contributed by atoms with E-state index in [1.807, 2.05) is 29.6 Å². The number of fused-ring (bicyclic) bond motifs is 1. The van der Waals surface area contributed by atoms with Gasteiger partial charge in [-0.15, -0.1) is 11.8 Å². The average Bonchev–Trinajstić information content (AvgIpc) is 2.80. The summed E-state index contributed by atoms with van der Waals surface area (Å²) in [5, 5.41) is 4.53. The van der Waals surface area contributed by atoms with Gasteiger partial charge in [0.05, 0.1) is 23.6 Å². The van der Waals surface area contributed by atoms with Crippen LogP contribution in [0.3, 0.4) is 0 Å². The zero-order valence-electron chi connectivity index (χ0n) is 12.0. The second kappa shape index (κ2) is 5.40. The third kappa shape index (κ3) is 2.50. The molecule has 0 fully saturated rings. The average molecular weight is 288 g/mol. The third-order valence-corrected chi connectivity index (χ3v) is 4.73. The van der Waals surface area contributed by atoms with Crippen molar-refractivity contribution in [1.29, 1.82) is 0 Å². The van der Waals surface area contributed by atoms with Crippen LogP contribution < -0.4 is 10.6 Å². The van der Waals surface area contributed by atoms with Crippen molar-refractivity contribution in [3.8, 4) is 0 Å². The van der Waals surface area contributed by atoms with Crippen LogP contribution in [0.2, 0.25) is 0 Å². The SMILES string of the molecule is CCc1cc(CN2CCSc3ccc(N)cc32)n(C)n1. The highest BCUT2D eigenvalue weighted by molar-refractivity contribution is 7.99. The second-order valence-corrected chi connectivity index (χ2v) is 6.24. The molecule has 2 heterocycles. The Bertz CT molecular complexity index is 620. The number of nitrogens with two attached hydrogens (primary N) is 1. The number of aromatic nitrogens is 2. The molecule has 1 aromatic carbocycles. The van der Waals surface area contributed by atoms with Crippen molar-refractivity contribution in [1.82, 2.24) is 9.78 Å². The highest BCUT2D eigenvalue weighted by Crippen LogP contribution is 2.36. The Hall–Kier alpha value is -1.62. The van der Waals surface area contributed by atoms with Gasteiger partial charge in [0.1, 0.15) is 0 Å². The first-order valence-electron chi connectivity index (χ1n) is 6.96. The zero-order valence-corrected chi connectivity index (χ0v) is 12.8. The maximum Gasteiger partial charge on any atom is 0.0625 e. The standard InChI is InChI=1S/C15H20N4S/c1-3-12-9-13(18(2)17-12)10-19-6-7-20-15-5-4-11(16)8-14(15)19/h4-5,8-9H,3,6-7,10,16H2,1-2H3. The molecule has 0 bridgehead atoms. The number of rotatable bonds is 3. The molecule has 1 aliphatic rings. The van der Waals surface area contributed by atoms with Gasteiger partial charge in [-0.25, -0.2) is 0 Å². The summed E-state index contributed by atoms with van der Waals surface area (Å²) in [6.45, 7) is 4.08. The van der Waals surface area contributed by atoms with Gasteiger partial charge in [0.15, 0.2) is 0 Å². The number of hydrogen-bond acceptors (Lipinski definition) is 4. The second-order valence-electron chi connectivity index (χ2n) is 5.10. The fourth-order valence-corrected chi connectivity index (χ4v) is 3.57. The van der Waals surface area contributed by atoms with E-state index in [4.69, 9.17) is 5.73 Å². The van der Waals surface area contributed by atoms with Crippen LogP contribution in [0.1, 0.15) is 18.3 Å². The van der Waals surface area contributed by atoms with Gasteiger partial charge in [-0.1, -0.05) is 6.92 Å². The fraction of sp³-hybridized carbons (Fsp3) is 0.400. The lowest BCUT2D eigenvalue weighted by Gasteiger charge is -2.31. The zero-order chi connectivity index (χ0) is 14.1. The molecule has 1 aliphatic heterocycles. The molecular weight excluding hydrogens is 268 g/mol. The first kappa shape index (κ1) is 13.4. The van der Waals surface area contributed by atoms with Gasteiger partial charge in [-0.05, 0) is 30.7 Å². The van der Waals surface area contributed by atoms with Crippen LogP contribution in [-0.4, -0.2) is 22.1 Å². The van der Waals surface area contributed by atoms with E-state index in [2.05, 4.69) is 35.1 Å². The molecule has 0 saturated carbocycles. The Morgan fingerprint density at radius 2 is 2.20 bits per heavy atom. The molecule has 0 amide bonds. The first-order valence-corrected chi connectivity index (χ1v) is 7.95. The summed E-state index contributed by atoms with van der Waals surface area (Å²) < 4.78 is 1.99. The van der Waals surface area contributed by atoms with Crippen LogP contribution in [0.15, 0.2) is 29.2 Å². The monoisotopic (exact) mass is 288 g/mol. The normalized spacial score (nSPS) is 14.4. The third-order valence-electron chi connectivity index (χ3n) is 3.68. The van der Waals surface area contributed by atoms with Gasteiger partial charge in [-0.2, -0.15) is 5.10 Å². The lowest BCUT2D eigenvalue weighted by Crippen LogP contribution is -2.29. The molecule has 0 radical (unpaired) electrons. The predicted octanol–water partition coefficient (Wildman–Crippen LogP) is 2.68. The van der Waals surface area contributed by atoms with Crippen LogP contribution in [0, 0.1) is 0 Å². The minimum atomic E-state index is 0.829. The number of benzene rings is 1. The van der Waals surface area contributed by atoms with Crippen LogP contribution in [0.25, 0.3) is 0 Å². The highest BCUT2D eigenvalue weighted by Gasteiger charge is 2.19. The summed E-state index contributed by atoms with van der Waals surface area (Å²) in [6, 6.07) is 8.39. The predicted molar refractivity (Wildman–Crippen MR) is 85.2 cm³/mol. The molecule has 20 heavy (non-hydrogen) atoms. The molecule has 1 aromatic heterocycles. The molecule has 0 atom stereocenters. The van der Waals surface area contributed by atoms with E-state index >= 15 is 0 Å². The largest absolute Gasteiger partial charge is 0.399 e. The van der Waals surface area contributed by atoms with E-state index in [1.54, 1.807) is 0 Å². The molecule has 106 valence electrons. The molecule has 0 saturated heterocycles. The summed E-state index contributed by atoms with van der Waals surface area (Å²) in [5.74, 6) is 1.12. The summed E-state index contributed by atoms with van der Waals surface area (Å²) in [7, 11) is 2.02. The van der Waals surface area contributed by atoms with Crippen molar-refractivity contribution in [2.45, 2.75) is 24.8 Å². The van der Waals surface area contributed by atoms with Gasteiger partial charge in [-0.3, -0.25) is 4.68 Å². The molecule has 2 aromatic rings. The summed E-state index contributed by atoms with van der Waals surface area (Å²) in [5.41, 5.74) is 10.4. The summed E-state index contributed by atoms with van der Waals surface area (Å²) in [4.78, 5) is 3.72. The number of anilines is 2. The summed E-state index contributed by atoms with van der Waals surface area (Å²) >= 11 is 1.91. The van der Waals surface area contributed by atoms with Gasteiger partial charge >= 0.3 is 0 Å². The maximum atomic E-state index is 5.94. The maximum absolute atomic E-state index is 5.94. The number of hydrogen-bond donors (Lipinski definition) is 1. The molecule has 0 unspecified atom stereocenters. The van der Waals surface area contributed by atoms with Crippen molar-refractivity contribution >= 4 is 23.1 Å². The number of nitrogen functional groups attached to an aromatic ring is 1. The van der Waals surface area contributed by atoms with Gasteiger partial charge in [0.2, 0.25) is 0 Å². The fourth-order valence-electron chi connectivity index (χ4n) is 2.54. The molecule has 0 spiro atoms. The van der Waals surface area contributed by atoms with E-state index in [-0.39, 0.29) is 0 Å². The quantitative estimate of drug-likeness (QED) is 0.882. The number of nitrogens with zero attached hydrogens (tertiary/aromatic N) is 3. The number of aryl methyl sites for hydroxylation is 2. The van der Waals surface area contributed by atoms with Crippen molar-refractivity contribution in [2.75, 3.05) is 22.9 Å². The minimum absolute atomic E-state index is 0.829. The van der Waals surface area contributed by atoms with E-state index < -0.39 is 0 Å². The van der Waals surface area contributed by atoms with E-state index in [9.17, 15) is 0 Å². The van der Waals surface area contributed by atoms with Crippen molar-refractivity contribution in [3.05, 3.63) is 35.7 Å². The highest BCUT2D eigenvalue weighted by atomic mass is 32.2. The van der Waals surface area contributed by atoms with Crippen LogP contribution in [0.5, 0.6) is 0 Å². The molecule has 3 rings (SSSR count).